The molecule has 0 saturated carbocycles. The first kappa shape index (κ1) is 22.5. The number of carbonyl (C=O) groups excluding carboxylic acids is 2. The minimum absolute atomic E-state index is 0.00350. The molecule has 0 aliphatic carbocycles. The number of benzene rings is 2. The van der Waals surface area contributed by atoms with Crippen LogP contribution >= 0.6 is 0 Å². The minimum atomic E-state index is -3.74. The summed E-state index contributed by atoms with van der Waals surface area (Å²) in [5, 5.41) is 0. The zero-order valence-electron chi connectivity index (χ0n) is 16.9. The first-order valence-electron chi connectivity index (χ1n) is 9.44. The van der Waals surface area contributed by atoms with Crippen LogP contribution in [0.1, 0.15) is 10.4 Å². The summed E-state index contributed by atoms with van der Waals surface area (Å²) in [5.74, 6) is -0.122. The van der Waals surface area contributed by atoms with Crippen molar-refractivity contribution in [3.63, 3.8) is 0 Å². The van der Waals surface area contributed by atoms with E-state index in [0.29, 0.717) is 24.7 Å². The number of amides is 2. The van der Waals surface area contributed by atoms with Crippen molar-refractivity contribution in [3.05, 3.63) is 54.1 Å². The van der Waals surface area contributed by atoms with Crippen LogP contribution < -0.4 is 20.3 Å². The number of nitrogens with one attached hydrogen (secondary N) is 2. The van der Waals surface area contributed by atoms with Crippen LogP contribution in [0.25, 0.3) is 0 Å². The molecule has 3 rings (SSSR count). The highest BCUT2D eigenvalue weighted by atomic mass is 32.2. The molecule has 1 saturated heterocycles. The number of hydrazine groups is 1. The second-order valence-corrected chi connectivity index (χ2v) is 8.45. The van der Waals surface area contributed by atoms with Gasteiger partial charge in [0.05, 0.1) is 25.2 Å². The van der Waals surface area contributed by atoms with E-state index in [1.807, 2.05) is 0 Å². The van der Waals surface area contributed by atoms with Crippen molar-refractivity contribution in [1.29, 1.82) is 0 Å². The van der Waals surface area contributed by atoms with Crippen LogP contribution in [0.2, 0.25) is 0 Å². The molecular weight excluding hydrogens is 426 g/mol. The lowest BCUT2D eigenvalue weighted by Crippen LogP contribution is -2.44. The molecule has 11 heteroatoms. The third kappa shape index (κ3) is 5.94. The van der Waals surface area contributed by atoms with E-state index in [4.69, 9.17) is 14.2 Å². The molecule has 166 valence electrons. The normalized spacial score (nSPS) is 14.5. The Kier molecular flexibility index (Phi) is 7.45. The van der Waals surface area contributed by atoms with Crippen molar-refractivity contribution in [2.75, 3.05) is 40.0 Å². The molecule has 0 atom stereocenters. The van der Waals surface area contributed by atoms with E-state index in [9.17, 15) is 18.0 Å². The number of sulfonamides is 1. The van der Waals surface area contributed by atoms with Gasteiger partial charge < -0.3 is 14.2 Å². The lowest BCUT2D eigenvalue weighted by Gasteiger charge is -2.26. The summed E-state index contributed by atoms with van der Waals surface area (Å²) in [5.41, 5.74) is 4.56. The van der Waals surface area contributed by atoms with Gasteiger partial charge in [0.15, 0.2) is 6.61 Å². The van der Waals surface area contributed by atoms with Gasteiger partial charge in [0, 0.05) is 18.7 Å². The summed E-state index contributed by atoms with van der Waals surface area (Å²) >= 11 is 0. The van der Waals surface area contributed by atoms with E-state index in [2.05, 4.69) is 10.9 Å². The van der Waals surface area contributed by atoms with Crippen LogP contribution in [-0.2, 0) is 19.6 Å². The van der Waals surface area contributed by atoms with Crippen LogP contribution in [0.5, 0.6) is 11.5 Å². The van der Waals surface area contributed by atoms with E-state index < -0.39 is 21.8 Å². The maximum atomic E-state index is 12.7. The topological polar surface area (TPSA) is 123 Å². The third-order valence-electron chi connectivity index (χ3n) is 4.45. The van der Waals surface area contributed by atoms with Crippen molar-refractivity contribution >= 4 is 21.8 Å². The fourth-order valence-corrected chi connectivity index (χ4v) is 4.24. The number of morpholine rings is 1. The second-order valence-electron chi connectivity index (χ2n) is 6.51. The molecule has 10 nitrogen and oxygen atoms in total. The van der Waals surface area contributed by atoms with Gasteiger partial charge >= 0.3 is 0 Å². The number of nitrogens with zero attached hydrogens (tertiary/aromatic N) is 1. The van der Waals surface area contributed by atoms with Gasteiger partial charge in [-0.15, -0.1) is 0 Å². The van der Waals surface area contributed by atoms with Gasteiger partial charge in [-0.3, -0.25) is 20.4 Å². The van der Waals surface area contributed by atoms with E-state index in [1.165, 1.54) is 28.6 Å². The van der Waals surface area contributed by atoms with Crippen molar-refractivity contribution in [2.45, 2.75) is 4.90 Å². The molecule has 1 aliphatic rings. The van der Waals surface area contributed by atoms with Crippen LogP contribution in [0, 0.1) is 0 Å². The van der Waals surface area contributed by atoms with Crippen LogP contribution in [0.3, 0.4) is 0 Å². The Balaban J connectivity index is 1.54. The van der Waals surface area contributed by atoms with Gasteiger partial charge in [-0.25, -0.2) is 8.42 Å². The molecule has 2 amide bonds. The smallest absolute Gasteiger partial charge is 0.276 e. The monoisotopic (exact) mass is 449 g/mol. The lowest BCUT2D eigenvalue weighted by atomic mass is 10.2. The Morgan fingerprint density at radius 3 is 2.39 bits per heavy atom. The molecule has 1 aliphatic heterocycles. The Hall–Kier alpha value is -3.15. The van der Waals surface area contributed by atoms with Crippen LogP contribution in [-0.4, -0.2) is 64.6 Å². The van der Waals surface area contributed by atoms with Gasteiger partial charge in [0.2, 0.25) is 10.0 Å². The molecular formula is C20H23N3O7S. The van der Waals surface area contributed by atoms with Crippen molar-refractivity contribution in [3.8, 4) is 11.5 Å². The van der Waals surface area contributed by atoms with Crippen LogP contribution in [0.4, 0.5) is 0 Å². The van der Waals surface area contributed by atoms with E-state index >= 15 is 0 Å². The second kappa shape index (κ2) is 10.2. The van der Waals surface area contributed by atoms with E-state index in [-0.39, 0.29) is 30.2 Å². The van der Waals surface area contributed by atoms with Gasteiger partial charge in [-0.1, -0.05) is 6.07 Å². The molecule has 1 heterocycles. The quantitative estimate of drug-likeness (QED) is 0.592. The molecule has 0 bridgehead atoms. The first-order chi connectivity index (χ1) is 14.9. The maximum absolute atomic E-state index is 12.7. The molecule has 0 aromatic heterocycles. The highest BCUT2D eigenvalue weighted by molar-refractivity contribution is 7.89. The highest BCUT2D eigenvalue weighted by Gasteiger charge is 2.26. The molecule has 0 spiro atoms. The highest BCUT2D eigenvalue weighted by Crippen LogP contribution is 2.18. The van der Waals surface area contributed by atoms with E-state index in [1.54, 1.807) is 31.4 Å². The lowest BCUT2D eigenvalue weighted by molar-refractivity contribution is -0.123. The fourth-order valence-electron chi connectivity index (χ4n) is 2.79. The summed E-state index contributed by atoms with van der Waals surface area (Å²) in [6, 6.07) is 12.3. The van der Waals surface area contributed by atoms with Gasteiger partial charge in [-0.2, -0.15) is 4.31 Å². The van der Waals surface area contributed by atoms with Gasteiger partial charge in [0.1, 0.15) is 11.5 Å². The molecule has 0 unspecified atom stereocenters. The predicted octanol–water partition coefficient (Wildman–Crippen LogP) is 0.556. The predicted molar refractivity (Wildman–Crippen MR) is 110 cm³/mol. The number of carbonyl (C=O) groups is 2. The van der Waals surface area contributed by atoms with Gasteiger partial charge in [0.25, 0.3) is 11.8 Å². The zero-order valence-corrected chi connectivity index (χ0v) is 17.7. The Morgan fingerprint density at radius 1 is 1.03 bits per heavy atom. The summed E-state index contributed by atoms with van der Waals surface area (Å²) in [7, 11) is -2.20. The summed E-state index contributed by atoms with van der Waals surface area (Å²) in [6.07, 6.45) is 0. The molecule has 2 aromatic rings. The summed E-state index contributed by atoms with van der Waals surface area (Å²) in [4.78, 5) is 24.3. The van der Waals surface area contributed by atoms with Crippen molar-refractivity contribution in [1.82, 2.24) is 15.2 Å². The molecule has 0 radical (unpaired) electrons. The molecule has 31 heavy (non-hydrogen) atoms. The number of ether oxygens (including phenoxy) is 3. The fraction of sp³-hybridized carbons (Fsp3) is 0.300. The maximum Gasteiger partial charge on any atom is 0.276 e. The average molecular weight is 449 g/mol. The Labute approximate surface area is 180 Å². The average Bonchev–Trinajstić information content (AvgIpc) is 2.82. The zero-order chi connectivity index (χ0) is 22.3. The molecule has 2 aromatic carbocycles. The van der Waals surface area contributed by atoms with Gasteiger partial charge in [-0.05, 0) is 42.5 Å². The number of methoxy groups -OCH3 is 1. The Bertz CT molecular complexity index is 1020. The summed E-state index contributed by atoms with van der Waals surface area (Å²) in [6.45, 7) is 0.831. The first-order valence-corrected chi connectivity index (χ1v) is 10.9. The largest absolute Gasteiger partial charge is 0.497 e. The summed E-state index contributed by atoms with van der Waals surface area (Å²) < 4.78 is 42.3. The standard InChI is InChI=1S/C20H23N3O7S/c1-28-16-5-7-17(8-6-16)30-14-19(24)21-22-20(25)15-3-2-4-18(13-15)31(26,27)23-9-11-29-12-10-23/h2-8,13H,9-12,14H2,1H3,(H,21,24)(H,22,25). The van der Waals surface area contributed by atoms with Crippen molar-refractivity contribution < 1.29 is 32.2 Å². The number of hydrogen-bond acceptors (Lipinski definition) is 7. The molecule has 2 N–H and O–H groups in total. The number of rotatable bonds is 7. The van der Waals surface area contributed by atoms with Crippen molar-refractivity contribution in [2.24, 2.45) is 0 Å². The Morgan fingerprint density at radius 2 is 1.71 bits per heavy atom. The SMILES string of the molecule is COc1ccc(OCC(=O)NNC(=O)c2cccc(S(=O)(=O)N3CCOCC3)c2)cc1. The molecule has 1 fully saturated rings. The number of hydrogen-bond donors (Lipinski definition) is 2. The van der Waals surface area contributed by atoms with Crippen LogP contribution in [0.15, 0.2) is 53.4 Å². The third-order valence-corrected chi connectivity index (χ3v) is 6.34. The van der Waals surface area contributed by atoms with E-state index in [0.717, 1.165) is 0 Å². The minimum Gasteiger partial charge on any atom is -0.497 e.